The van der Waals surface area contributed by atoms with Crippen molar-refractivity contribution in [3.8, 4) is 11.4 Å². The summed E-state index contributed by atoms with van der Waals surface area (Å²) < 4.78 is 0. The third-order valence-electron chi connectivity index (χ3n) is 3.15. The second-order valence-electron chi connectivity index (χ2n) is 4.66. The molecule has 22 heavy (non-hydrogen) atoms. The zero-order valence-corrected chi connectivity index (χ0v) is 11.8. The lowest BCUT2D eigenvalue weighted by Crippen LogP contribution is -2.23. The SMILES string of the molecule is O=C(NCc1cccnc1)c1ccccc1-c1ncccn1. The van der Waals surface area contributed by atoms with Gasteiger partial charge in [0.05, 0.1) is 5.56 Å². The maximum Gasteiger partial charge on any atom is 0.252 e. The zero-order valence-electron chi connectivity index (χ0n) is 11.8. The molecule has 0 aliphatic heterocycles. The van der Waals surface area contributed by atoms with E-state index in [0.717, 1.165) is 5.56 Å². The number of hydrogen-bond donors (Lipinski definition) is 1. The van der Waals surface area contributed by atoms with Crippen LogP contribution in [0, 0.1) is 0 Å². The molecule has 3 rings (SSSR count). The van der Waals surface area contributed by atoms with Crippen LogP contribution in [0.5, 0.6) is 0 Å². The number of nitrogens with one attached hydrogen (secondary N) is 1. The molecule has 5 heteroatoms. The molecule has 0 unspecified atom stereocenters. The molecule has 2 aromatic heterocycles. The van der Waals surface area contributed by atoms with Crippen molar-refractivity contribution < 1.29 is 4.79 Å². The smallest absolute Gasteiger partial charge is 0.252 e. The van der Waals surface area contributed by atoms with Crippen molar-refractivity contribution in [3.63, 3.8) is 0 Å². The van der Waals surface area contributed by atoms with Crippen LogP contribution in [0.15, 0.2) is 67.3 Å². The first-order valence-corrected chi connectivity index (χ1v) is 6.88. The van der Waals surface area contributed by atoms with Gasteiger partial charge in [-0.2, -0.15) is 0 Å². The third-order valence-corrected chi connectivity index (χ3v) is 3.15. The predicted octanol–water partition coefficient (Wildman–Crippen LogP) is 2.47. The largest absolute Gasteiger partial charge is 0.348 e. The fourth-order valence-electron chi connectivity index (χ4n) is 2.09. The van der Waals surface area contributed by atoms with Gasteiger partial charge in [-0.3, -0.25) is 9.78 Å². The van der Waals surface area contributed by atoms with Crippen molar-refractivity contribution in [1.29, 1.82) is 0 Å². The zero-order chi connectivity index (χ0) is 15.2. The van der Waals surface area contributed by atoms with Crippen LogP contribution in [0.1, 0.15) is 15.9 Å². The summed E-state index contributed by atoms with van der Waals surface area (Å²) in [6, 6.07) is 12.8. The van der Waals surface area contributed by atoms with Gasteiger partial charge >= 0.3 is 0 Å². The van der Waals surface area contributed by atoms with Crippen LogP contribution in [-0.4, -0.2) is 20.9 Å². The second-order valence-corrected chi connectivity index (χ2v) is 4.66. The number of aromatic nitrogens is 3. The minimum absolute atomic E-state index is 0.160. The molecule has 0 saturated heterocycles. The monoisotopic (exact) mass is 290 g/mol. The molecule has 0 spiro atoms. The van der Waals surface area contributed by atoms with Crippen molar-refractivity contribution in [2.24, 2.45) is 0 Å². The summed E-state index contributed by atoms with van der Waals surface area (Å²) in [5, 5.41) is 2.89. The standard InChI is InChI=1S/C17H14N4O/c22-17(21-12-13-5-3-8-18-11-13)15-7-2-1-6-14(15)16-19-9-4-10-20-16/h1-11H,12H2,(H,21,22). The molecule has 0 atom stereocenters. The summed E-state index contributed by atoms with van der Waals surface area (Å²) in [6.45, 7) is 0.427. The molecule has 0 saturated carbocycles. The van der Waals surface area contributed by atoms with E-state index >= 15 is 0 Å². The quantitative estimate of drug-likeness (QED) is 0.801. The molecule has 1 N–H and O–H groups in total. The van der Waals surface area contributed by atoms with Gasteiger partial charge in [-0.15, -0.1) is 0 Å². The maximum atomic E-state index is 12.4. The van der Waals surface area contributed by atoms with Crippen molar-refractivity contribution in [1.82, 2.24) is 20.3 Å². The van der Waals surface area contributed by atoms with Crippen molar-refractivity contribution in [2.75, 3.05) is 0 Å². The molecule has 0 aliphatic rings. The highest BCUT2D eigenvalue weighted by atomic mass is 16.1. The van der Waals surface area contributed by atoms with Crippen LogP contribution in [0.4, 0.5) is 0 Å². The predicted molar refractivity (Wildman–Crippen MR) is 82.9 cm³/mol. The van der Waals surface area contributed by atoms with Gasteiger partial charge in [-0.25, -0.2) is 9.97 Å². The van der Waals surface area contributed by atoms with E-state index in [1.165, 1.54) is 0 Å². The Kier molecular flexibility index (Phi) is 4.15. The number of rotatable bonds is 4. The molecule has 1 amide bonds. The van der Waals surface area contributed by atoms with Gasteiger partial charge in [-0.1, -0.05) is 24.3 Å². The third kappa shape index (κ3) is 3.15. The molecule has 2 heterocycles. The van der Waals surface area contributed by atoms with E-state index in [-0.39, 0.29) is 5.91 Å². The van der Waals surface area contributed by atoms with Crippen LogP contribution in [0.25, 0.3) is 11.4 Å². The van der Waals surface area contributed by atoms with Crippen molar-refractivity contribution in [3.05, 3.63) is 78.4 Å². The highest BCUT2D eigenvalue weighted by Gasteiger charge is 2.13. The average molecular weight is 290 g/mol. The molecule has 0 fully saturated rings. The minimum Gasteiger partial charge on any atom is -0.348 e. The number of pyridine rings is 1. The number of amides is 1. The Morgan fingerprint density at radius 2 is 1.77 bits per heavy atom. The highest BCUT2D eigenvalue weighted by Crippen LogP contribution is 2.19. The fraction of sp³-hybridized carbons (Fsp3) is 0.0588. The highest BCUT2D eigenvalue weighted by molar-refractivity contribution is 6.00. The Morgan fingerprint density at radius 1 is 0.955 bits per heavy atom. The number of hydrogen-bond acceptors (Lipinski definition) is 4. The summed E-state index contributed by atoms with van der Waals surface area (Å²) in [5.41, 5.74) is 2.22. The Hall–Kier alpha value is -3.08. The number of carbonyl (C=O) groups is 1. The van der Waals surface area contributed by atoms with E-state index in [9.17, 15) is 4.79 Å². The molecule has 0 bridgehead atoms. The van der Waals surface area contributed by atoms with Crippen molar-refractivity contribution >= 4 is 5.91 Å². The van der Waals surface area contributed by atoms with Crippen molar-refractivity contribution in [2.45, 2.75) is 6.54 Å². The lowest BCUT2D eigenvalue weighted by atomic mass is 10.1. The first-order valence-electron chi connectivity index (χ1n) is 6.88. The molecule has 0 radical (unpaired) electrons. The van der Waals surface area contributed by atoms with Gasteiger partial charge in [0.1, 0.15) is 0 Å². The van der Waals surface area contributed by atoms with E-state index in [2.05, 4.69) is 20.3 Å². The van der Waals surface area contributed by atoms with Crippen LogP contribution < -0.4 is 5.32 Å². The van der Waals surface area contributed by atoms with E-state index in [4.69, 9.17) is 0 Å². The summed E-state index contributed by atoms with van der Waals surface area (Å²) in [4.78, 5) is 24.9. The van der Waals surface area contributed by atoms with Crippen LogP contribution in [0.3, 0.4) is 0 Å². The molecular weight excluding hydrogens is 276 g/mol. The van der Waals surface area contributed by atoms with Gasteiger partial charge in [0, 0.05) is 36.9 Å². The fourth-order valence-corrected chi connectivity index (χ4v) is 2.09. The molecule has 3 aromatic rings. The number of nitrogens with zero attached hydrogens (tertiary/aromatic N) is 3. The number of carbonyl (C=O) groups excluding carboxylic acids is 1. The van der Waals surface area contributed by atoms with E-state index in [1.807, 2.05) is 30.3 Å². The normalized spacial score (nSPS) is 10.2. The summed E-state index contributed by atoms with van der Waals surface area (Å²) in [7, 11) is 0. The Morgan fingerprint density at radius 3 is 2.55 bits per heavy atom. The molecular formula is C17H14N4O. The topological polar surface area (TPSA) is 67.8 Å². The van der Waals surface area contributed by atoms with E-state index in [1.54, 1.807) is 36.9 Å². The first-order chi connectivity index (χ1) is 10.8. The molecule has 108 valence electrons. The molecule has 0 aliphatic carbocycles. The van der Waals surface area contributed by atoms with Gasteiger partial charge in [0.2, 0.25) is 0 Å². The molecule has 5 nitrogen and oxygen atoms in total. The number of benzene rings is 1. The van der Waals surface area contributed by atoms with Gasteiger partial charge in [0.25, 0.3) is 5.91 Å². The Labute approximate surface area is 128 Å². The lowest BCUT2D eigenvalue weighted by Gasteiger charge is -2.09. The summed E-state index contributed by atoms with van der Waals surface area (Å²) >= 11 is 0. The second kappa shape index (κ2) is 6.58. The van der Waals surface area contributed by atoms with Crippen LogP contribution in [0.2, 0.25) is 0 Å². The summed E-state index contributed by atoms with van der Waals surface area (Å²) in [6.07, 6.45) is 6.75. The average Bonchev–Trinajstić information content (AvgIpc) is 2.61. The Balaban J connectivity index is 1.81. The van der Waals surface area contributed by atoms with E-state index < -0.39 is 0 Å². The molecule has 1 aromatic carbocycles. The minimum atomic E-state index is -0.160. The lowest BCUT2D eigenvalue weighted by molar-refractivity contribution is 0.0951. The Bertz CT molecular complexity index is 760. The maximum absolute atomic E-state index is 12.4. The first kappa shape index (κ1) is 13.9. The van der Waals surface area contributed by atoms with Gasteiger partial charge in [0.15, 0.2) is 5.82 Å². The van der Waals surface area contributed by atoms with Crippen LogP contribution in [-0.2, 0) is 6.54 Å². The van der Waals surface area contributed by atoms with Gasteiger partial charge in [-0.05, 0) is 23.8 Å². The van der Waals surface area contributed by atoms with Gasteiger partial charge < -0.3 is 5.32 Å². The van der Waals surface area contributed by atoms with Crippen LogP contribution >= 0.6 is 0 Å². The summed E-state index contributed by atoms with van der Waals surface area (Å²) in [5.74, 6) is 0.376. The van der Waals surface area contributed by atoms with E-state index in [0.29, 0.717) is 23.5 Å².